The predicted molar refractivity (Wildman–Crippen MR) is 144 cm³/mol. The first-order valence-corrected chi connectivity index (χ1v) is 13.9. The van der Waals surface area contributed by atoms with E-state index in [0.29, 0.717) is 28.5 Å². The molecule has 0 amide bonds. The van der Waals surface area contributed by atoms with E-state index in [1.807, 2.05) is 48.9 Å². The molecule has 2 aromatic heterocycles. The molecule has 5 aromatic rings. The van der Waals surface area contributed by atoms with Gasteiger partial charge in [-0.25, -0.2) is 18.4 Å². The van der Waals surface area contributed by atoms with Gasteiger partial charge < -0.3 is 13.7 Å². The molecule has 0 aliphatic carbocycles. The van der Waals surface area contributed by atoms with E-state index in [1.54, 1.807) is 37.3 Å². The molecule has 0 atom stereocenters. The van der Waals surface area contributed by atoms with Gasteiger partial charge in [0.15, 0.2) is 21.5 Å². The number of hydrogen-bond acceptors (Lipinski definition) is 6. The van der Waals surface area contributed by atoms with Gasteiger partial charge in [0.25, 0.3) is 0 Å². The van der Waals surface area contributed by atoms with Crippen LogP contribution in [0.3, 0.4) is 0 Å². The van der Waals surface area contributed by atoms with Gasteiger partial charge >= 0.3 is 6.61 Å². The summed E-state index contributed by atoms with van der Waals surface area (Å²) in [5, 5.41) is 0. The molecule has 0 radical (unpaired) electrons. The van der Waals surface area contributed by atoms with Crippen molar-refractivity contribution in [3.8, 4) is 45.1 Å². The minimum Gasteiger partial charge on any atom is -0.440 e. The molecule has 0 aliphatic heterocycles. The van der Waals surface area contributed by atoms with Crippen LogP contribution in [0.25, 0.3) is 39.4 Å². The zero-order valence-electron chi connectivity index (χ0n) is 21.6. The summed E-state index contributed by atoms with van der Waals surface area (Å²) in [6.45, 7) is 2.61. The van der Waals surface area contributed by atoms with Gasteiger partial charge in [-0.2, -0.15) is 8.78 Å². The van der Waals surface area contributed by atoms with Crippen LogP contribution in [0.15, 0.2) is 82.2 Å². The van der Waals surface area contributed by atoms with Gasteiger partial charge in [0.05, 0.1) is 16.3 Å². The molecule has 10 heteroatoms. The van der Waals surface area contributed by atoms with Crippen LogP contribution in [0.2, 0.25) is 0 Å². The van der Waals surface area contributed by atoms with Gasteiger partial charge in [-0.05, 0) is 73.5 Å². The Kier molecular flexibility index (Phi) is 6.82. The zero-order chi connectivity index (χ0) is 27.9. The number of oxazole rings is 1. The third-order valence-electron chi connectivity index (χ3n) is 6.19. The lowest BCUT2D eigenvalue weighted by Gasteiger charge is -2.14. The molecule has 0 saturated heterocycles. The van der Waals surface area contributed by atoms with E-state index >= 15 is 0 Å². The number of aryl methyl sites for hydroxylation is 3. The highest BCUT2D eigenvalue weighted by molar-refractivity contribution is 7.90. The maximum Gasteiger partial charge on any atom is 0.387 e. The minimum absolute atomic E-state index is 0.0356. The summed E-state index contributed by atoms with van der Waals surface area (Å²) in [6.07, 6.45) is 3.09. The summed E-state index contributed by atoms with van der Waals surface area (Å²) in [6, 6.07) is 18.7. The van der Waals surface area contributed by atoms with E-state index in [-0.39, 0.29) is 10.6 Å². The van der Waals surface area contributed by atoms with Crippen LogP contribution in [0, 0.1) is 20.8 Å². The smallest absolute Gasteiger partial charge is 0.387 e. The predicted octanol–water partition coefficient (Wildman–Crippen LogP) is 6.79. The van der Waals surface area contributed by atoms with Crippen molar-refractivity contribution in [1.82, 2.24) is 14.5 Å². The Morgan fingerprint density at radius 1 is 0.897 bits per heavy atom. The number of nitrogens with zero attached hydrogens (tertiary/aromatic N) is 3. The number of imidazole rings is 1. The molecule has 0 N–H and O–H groups in total. The van der Waals surface area contributed by atoms with Crippen molar-refractivity contribution in [3.63, 3.8) is 0 Å². The lowest BCUT2D eigenvalue weighted by molar-refractivity contribution is -0.0498. The summed E-state index contributed by atoms with van der Waals surface area (Å²) in [7, 11) is -3.40. The molecule has 0 bridgehead atoms. The fraction of sp³-hybridized carbons (Fsp3) is 0.172. The Labute approximate surface area is 224 Å². The van der Waals surface area contributed by atoms with E-state index in [0.717, 1.165) is 28.3 Å². The fourth-order valence-corrected chi connectivity index (χ4v) is 5.14. The highest BCUT2D eigenvalue weighted by atomic mass is 32.2. The normalized spacial score (nSPS) is 11.8. The second kappa shape index (κ2) is 10.1. The summed E-state index contributed by atoms with van der Waals surface area (Å²) in [5.74, 6) is 1.69. The number of sulfone groups is 1. The first kappa shape index (κ1) is 26.3. The van der Waals surface area contributed by atoms with Crippen LogP contribution in [0.5, 0.6) is 5.75 Å². The number of halogens is 2. The molecule has 0 fully saturated rings. The molecule has 0 unspecified atom stereocenters. The van der Waals surface area contributed by atoms with Crippen LogP contribution in [-0.2, 0) is 9.84 Å². The van der Waals surface area contributed by atoms with Crippen molar-refractivity contribution < 1.29 is 26.4 Å². The number of rotatable bonds is 7. The molecule has 200 valence electrons. The maximum atomic E-state index is 12.7. The third-order valence-corrected chi connectivity index (χ3v) is 7.30. The molecule has 7 nitrogen and oxygen atoms in total. The van der Waals surface area contributed by atoms with E-state index in [4.69, 9.17) is 4.42 Å². The average Bonchev–Trinajstić information content (AvgIpc) is 3.44. The highest BCUT2D eigenvalue weighted by Gasteiger charge is 2.21. The van der Waals surface area contributed by atoms with Crippen LogP contribution in [0.4, 0.5) is 8.78 Å². The lowest BCUT2D eigenvalue weighted by Crippen LogP contribution is -2.01. The van der Waals surface area contributed by atoms with Crippen molar-refractivity contribution >= 4 is 9.84 Å². The van der Waals surface area contributed by atoms with Crippen molar-refractivity contribution in [3.05, 3.63) is 90.3 Å². The first-order chi connectivity index (χ1) is 18.5. The van der Waals surface area contributed by atoms with Crippen LogP contribution < -0.4 is 4.74 Å². The molecule has 0 spiro atoms. The molecule has 0 aliphatic rings. The second-order valence-corrected chi connectivity index (χ2v) is 11.2. The van der Waals surface area contributed by atoms with Crippen molar-refractivity contribution in [1.29, 1.82) is 0 Å². The number of benzene rings is 3. The zero-order valence-corrected chi connectivity index (χ0v) is 22.5. The summed E-state index contributed by atoms with van der Waals surface area (Å²) in [5.41, 5.74) is 4.98. The van der Waals surface area contributed by atoms with E-state index < -0.39 is 16.4 Å². The van der Waals surface area contributed by atoms with Crippen molar-refractivity contribution in [2.75, 3.05) is 6.26 Å². The van der Waals surface area contributed by atoms with Crippen LogP contribution >= 0.6 is 0 Å². The molecule has 5 rings (SSSR count). The largest absolute Gasteiger partial charge is 0.440 e. The Morgan fingerprint density at radius 3 is 2.23 bits per heavy atom. The number of alkyl halides is 2. The van der Waals surface area contributed by atoms with Crippen LogP contribution in [0.1, 0.15) is 17.4 Å². The van der Waals surface area contributed by atoms with E-state index in [2.05, 4.69) is 14.7 Å². The Morgan fingerprint density at radius 2 is 1.59 bits per heavy atom. The van der Waals surface area contributed by atoms with E-state index in [1.165, 1.54) is 18.4 Å². The summed E-state index contributed by atoms with van der Waals surface area (Å²) in [4.78, 5) is 9.35. The summed E-state index contributed by atoms with van der Waals surface area (Å²) < 4.78 is 62.2. The fourth-order valence-electron chi connectivity index (χ4n) is 4.48. The molecule has 3 aromatic carbocycles. The molecule has 39 heavy (non-hydrogen) atoms. The van der Waals surface area contributed by atoms with Crippen molar-refractivity contribution in [2.45, 2.75) is 32.3 Å². The van der Waals surface area contributed by atoms with Gasteiger partial charge in [0.1, 0.15) is 17.3 Å². The maximum absolute atomic E-state index is 12.7. The highest BCUT2D eigenvalue weighted by Crippen LogP contribution is 2.39. The third kappa shape index (κ3) is 5.46. The quantitative estimate of drug-likeness (QED) is 0.222. The Bertz CT molecular complexity index is 1770. The monoisotopic (exact) mass is 549 g/mol. The summed E-state index contributed by atoms with van der Waals surface area (Å²) >= 11 is 0. The Hall–Kier alpha value is -4.31. The lowest BCUT2D eigenvalue weighted by atomic mass is 9.98. The average molecular weight is 550 g/mol. The van der Waals surface area contributed by atoms with Crippen LogP contribution in [-0.4, -0.2) is 35.8 Å². The number of hydrogen-bond donors (Lipinski definition) is 0. The number of aromatic nitrogens is 3. The minimum atomic E-state index is -3.40. The van der Waals surface area contributed by atoms with Crippen molar-refractivity contribution in [2.24, 2.45) is 0 Å². The van der Waals surface area contributed by atoms with Gasteiger partial charge in [0.2, 0.25) is 0 Å². The first-order valence-electron chi connectivity index (χ1n) is 12.0. The second-order valence-electron chi connectivity index (χ2n) is 9.14. The molecule has 0 saturated carbocycles. The number of ether oxygens (including phenoxy) is 1. The topological polar surface area (TPSA) is 87.2 Å². The van der Waals surface area contributed by atoms with E-state index in [9.17, 15) is 17.2 Å². The molecule has 2 heterocycles. The molecular weight excluding hydrogens is 524 g/mol. The van der Waals surface area contributed by atoms with Gasteiger partial charge in [-0.3, -0.25) is 0 Å². The van der Waals surface area contributed by atoms with Gasteiger partial charge in [0, 0.05) is 30.5 Å². The Balaban J connectivity index is 1.71. The molecular formula is C29H25F2N3O4S. The SMILES string of the molecule is Cc1cn(-c2ccc(-c3cccc(S(C)(=O)=O)c3)cc2-c2oc(C)nc2-c2ccc(OC(F)F)cc2)c(C)n1. The van der Waals surface area contributed by atoms with Gasteiger partial charge in [-0.15, -0.1) is 0 Å². The van der Waals surface area contributed by atoms with Gasteiger partial charge in [-0.1, -0.05) is 18.2 Å². The standard InChI is InChI=1S/C29H25F2N3O4S/c1-17-16-34(18(2)32-17)26-13-10-22(21-6-5-7-24(14-21)39(4,35)36)15-25(26)28-27(33-19(3)37-28)20-8-11-23(12-9-20)38-29(30)31/h5-16,29H,1-4H3.